The van der Waals surface area contributed by atoms with Crippen molar-refractivity contribution in [1.29, 1.82) is 0 Å². The zero-order valence-electron chi connectivity index (χ0n) is 14.6. The van der Waals surface area contributed by atoms with E-state index in [1.165, 1.54) is 24.0 Å². The van der Waals surface area contributed by atoms with Gasteiger partial charge in [-0.05, 0) is 60.3 Å². The number of hydrogen-bond donors (Lipinski definition) is 0. The molecular weight excluding hydrogens is 272 g/mol. The van der Waals surface area contributed by atoms with Crippen molar-refractivity contribution in [2.75, 3.05) is 6.61 Å². The lowest BCUT2D eigenvalue weighted by molar-refractivity contribution is -0.136. The van der Waals surface area contributed by atoms with Crippen LogP contribution in [0.1, 0.15) is 69.7 Å². The third kappa shape index (κ3) is 3.19. The Balaban J connectivity index is 2.51. The molecule has 22 heavy (non-hydrogen) atoms. The topological polar surface area (TPSA) is 26.3 Å². The second-order valence-electron chi connectivity index (χ2n) is 7.45. The number of ether oxygens (including phenoxy) is 1. The Morgan fingerprint density at radius 2 is 1.68 bits per heavy atom. The molecule has 0 radical (unpaired) electrons. The van der Waals surface area contributed by atoms with Gasteiger partial charge in [-0.1, -0.05) is 39.7 Å². The number of rotatable bonds is 1. The Kier molecular flexibility index (Phi) is 4.38. The highest BCUT2D eigenvalue weighted by atomic mass is 16.5. The van der Waals surface area contributed by atoms with Gasteiger partial charge in [0.2, 0.25) is 0 Å². The van der Waals surface area contributed by atoms with E-state index < -0.39 is 5.97 Å². The Bertz CT molecular complexity index is 654. The van der Waals surface area contributed by atoms with Gasteiger partial charge in [0.15, 0.2) is 0 Å². The van der Waals surface area contributed by atoms with E-state index in [1.54, 1.807) is 6.92 Å². The number of benzene rings is 1. The van der Waals surface area contributed by atoms with Gasteiger partial charge in [0.1, 0.15) is 0 Å². The summed E-state index contributed by atoms with van der Waals surface area (Å²) in [6, 6.07) is 4.43. The maximum Gasteiger partial charge on any atom is 0.384 e. The second kappa shape index (κ2) is 5.80. The summed E-state index contributed by atoms with van der Waals surface area (Å²) in [5.74, 6) is 5.11. The van der Waals surface area contributed by atoms with Gasteiger partial charge in [0.05, 0.1) is 6.61 Å². The Morgan fingerprint density at radius 1 is 1.14 bits per heavy atom. The molecule has 118 valence electrons. The van der Waals surface area contributed by atoms with Crippen molar-refractivity contribution in [3.05, 3.63) is 34.4 Å². The largest absolute Gasteiger partial charge is 0.456 e. The molecule has 1 aliphatic carbocycles. The fraction of sp³-hybridized carbons (Fsp3) is 0.550. The zero-order chi connectivity index (χ0) is 16.5. The number of aryl methyl sites for hydroxylation is 1. The third-order valence-corrected chi connectivity index (χ3v) is 4.77. The predicted octanol–water partition coefficient (Wildman–Crippen LogP) is 4.26. The molecular formula is C20H26O2. The van der Waals surface area contributed by atoms with Crippen LogP contribution in [0.3, 0.4) is 0 Å². The van der Waals surface area contributed by atoms with Crippen LogP contribution in [0.2, 0.25) is 0 Å². The van der Waals surface area contributed by atoms with E-state index in [1.807, 2.05) is 0 Å². The molecule has 2 heteroatoms. The average molecular weight is 298 g/mol. The molecule has 2 nitrogen and oxygen atoms in total. The Labute approximate surface area is 134 Å². The number of carbonyl (C=O) groups excluding carboxylic acids is 1. The van der Waals surface area contributed by atoms with Crippen molar-refractivity contribution in [3.8, 4) is 11.8 Å². The van der Waals surface area contributed by atoms with Crippen LogP contribution >= 0.6 is 0 Å². The first-order valence-corrected chi connectivity index (χ1v) is 8.02. The third-order valence-electron chi connectivity index (χ3n) is 4.77. The highest BCUT2D eigenvalue weighted by Crippen LogP contribution is 2.46. The lowest BCUT2D eigenvalue weighted by Crippen LogP contribution is -2.34. The first kappa shape index (κ1) is 16.6. The van der Waals surface area contributed by atoms with Gasteiger partial charge in [0, 0.05) is 11.5 Å². The van der Waals surface area contributed by atoms with E-state index in [0.29, 0.717) is 6.61 Å². The van der Waals surface area contributed by atoms with Gasteiger partial charge < -0.3 is 4.74 Å². The number of hydrogen-bond acceptors (Lipinski definition) is 2. The summed E-state index contributed by atoms with van der Waals surface area (Å²) in [6.07, 6.45) is 2.36. The van der Waals surface area contributed by atoms with Crippen molar-refractivity contribution in [3.63, 3.8) is 0 Å². The van der Waals surface area contributed by atoms with Gasteiger partial charge in [-0.25, -0.2) is 4.79 Å². The number of esters is 1. The minimum Gasteiger partial charge on any atom is -0.456 e. The highest BCUT2D eigenvalue weighted by Gasteiger charge is 2.37. The zero-order valence-corrected chi connectivity index (χ0v) is 14.6. The summed E-state index contributed by atoms with van der Waals surface area (Å²) in [5, 5.41) is 0. The second-order valence-corrected chi connectivity index (χ2v) is 7.45. The van der Waals surface area contributed by atoms with E-state index in [9.17, 15) is 4.79 Å². The molecule has 0 spiro atoms. The minimum atomic E-state index is -0.459. The quantitative estimate of drug-likeness (QED) is 0.572. The maximum atomic E-state index is 11.5. The van der Waals surface area contributed by atoms with Crippen molar-refractivity contribution in [2.45, 2.75) is 65.2 Å². The van der Waals surface area contributed by atoms with E-state index in [0.717, 1.165) is 11.1 Å². The predicted molar refractivity (Wildman–Crippen MR) is 90.0 cm³/mol. The molecule has 2 rings (SSSR count). The summed E-state index contributed by atoms with van der Waals surface area (Å²) < 4.78 is 4.88. The fourth-order valence-electron chi connectivity index (χ4n) is 3.14. The van der Waals surface area contributed by atoms with Gasteiger partial charge in [-0.2, -0.15) is 0 Å². The van der Waals surface area contributed by atoms with Crippen molar-refractivity contribution in [2.24, 2.45) is 0 Å². The smallest absolute Gasteiger partial charge is 0.384 e. The molecule has 0 amide bonds. The first-order valence-electron chi connectivity index (χ1n) is 8.02. The molecule has 0 heterocycles. The average Bonchev–Trinajstić information content (AvgIpc) is 2.43. The van der Waals surface area contributed by atoms with Crippen molar-refractivity contribution in [1.82, 2.24) is 0 Å². The Hall–Kier alpha value is -1.75. The van der Waals surface area contributed by atoms with Gasteiger partial charge in [-0.3, -0.25) is 0 Å². The fourth-order valence-corrected chi connectivity index (χ4v) is 3.14. The normalized spacial score (nSPS) is 17.9. The molecule has 1 aromatic carbocycles. The van der Waals surface area contributed by atoms with Crippen LogP contribution in [-0.4, -0.2) is 12.6 Å². The summed E-state index contributed by atoms with van der Waals surface area (Å²) in [4.78, 5) is 11.5. The molecule has 0 saturated carbocycles. The van der Waals surface area contributed by atoms with E-state index >= 15 is 0 Å². The molecule has 1 aliphatic rings. The van der Waals surface area contributed by atoms with Crippen LogP contribution in [0.15, 0.2) is 12.1 Å². The molecule has 0 aromatic heterocycles. The molecule has 0 saturated heterocycles. The minimum absolute atomic E-state index is 0.152. The summed E-state index contributed by atoms with van der Waals surface area (Å²) in [5.41, 5.74) is 5.19. The van der Waals surface area contributed by atoms with Crippen LogP contribution < -0.4 is 0 Å². The molecule has 0 atom stereocenters. The number of carbonyl (C=O) groups is 1. The van der Waals surface area contributed by atoms with Gasteiger partial charge >= 0.3 is 5.97 Å². The summed E-state index contributed by atoms with van der Waals surface area (Å²) >= 11 is 0. The number of fused-ring (bicyclic) bond motifs is 1. The van der Waals surface area contributed by atoms with E-state index in [2.05, 4.69) is 58.6 Å². The highest BCUT2D eigenvalue weighted by molar-refractivity contribution is 5.89. The van der Waals surface area contributed by atoms with Crippen LogP contribution in [0, 0.1) is 18.8 Å². The molecule has 0 N–H and O–H groups in total. The van der Waals surface area contributed by atoms with Crippen molar-refractivity contribution >= 4 is 5.97 Å². The first-order chi connectivity index (χ1) is 10.2. The molecule has 0 aliphatic heterocycles. The Morgan fingerprint density at radius 3 is 2.23 bits per heavy atom. The molecule has 0 unspecified atom stereocenters. The van der Waals surface area contributed by atoms with Crippen LogP contribution in [0.5, 0.6) is 0 Å². The van der Waals surface area contributed by atoms with E-state index in [4.69, 9.17) is 4.74 Å². The van der Waals surface area contributed by atoms with Crippen LogP contribution in [-0.2, 0) is 20.4 Å². The van der Waals surface area contributed by atoms with Crippen molar-refractivity contribution < 1.29 is 9.53 Å². The molecule has 0 bridgehead atoms. The standard InChI is InChI=1S/C20H26O2/c1-7-22-18(21)9-8-15-13-17-16(12-14(15)2)19(3,4)10-11-20(17,5)6/h12-13H,7,10-11H2,1-6H3. The molecule has 1 aromatic rings. The molecule has 0 fully saturated rings. The summed E-state index contributed by atoms with van der Waals surface area (Å²) in [7, 11) is 0. The summed E-state index contributed by atoms with van der Waals surface area (Å²) in [6.45, 7) is 13.4. The SMILES string of the molecule is CCOC(=O)C#Cc1cc2c(cc1C)C(C)(C)CCC2(C)C. The van der Waals surface area contributed by atoms with Gasteiger partial charge in [0.25, 0.3) is 0 Å². The van der Waals surface area contributed by atoms with Crippen LogP contribution in [0.25, 0.3) is 0 Å². The van der Waals surface area contributed by atoms with E-state index in [-0.39, 0.29) is 10.8 Å². The van der Waals surface area contributed by atoms with Gasteiger partial charge in [-0.15, -0.1) is 0 Å². The lowest BCUT2D eigenvalue weighted by Gasteiger charge is -2.42. The monoisotopic (exact) mass is 298 g/mol. The lowest BCUT2D eigenvalue weighted by atomic mass is 9.62. The van der Waals surface area contributed by atoms with Crippen LogP contribution in [0.4, 0.5) is 0 Å². The maximum absolute atomic E-state index is 11.5.